The monoisotopic (exact) mass is 204 g/mol. The minimum absolute atomic E-state index is 0.630. The molecule has 1 unspecified atom stereocenters. The zero-order valence-corrected chi connectivity index (χ0v) is 9.66. The van der Waals surface area contributed by atoms with Crippen LogP contribution in [0.25, 0.3) is 0 Å². The first kappa shape index (κ1) is 10.6. The van der Waals surface area contributed by atoms with Crippen LogP contribution in [0, 0.1) is 5.92 Å². The summed E-state index contributed by atoms with van der Waals surface area (Å²) >= 11 is 0. The van der Waals surface area contributed by atoms with Crippen molar-refractivity contribution < 1.29 is 0 Å². The molecular weight excluding hydrogens is 184 g/mol. The average molecular weight is 204 g/mol. The zero-order chi connectivity index (χ0) is 10.7. The summed E-state index contributed by atoms with van der Waals surface area (Å²) in [7, 11) is 2.06. The van der Waals surface area contributed by atoms with Crippen molar-refractivity contribution in [1.82, 2.24) is 10.3 Å². The molecule has 0 saturated heterocycles. The van der Waals surface area contributed by atoms with Gasteiger partial charge in [0.15, 0.2) is 0 Å². The second-order valence-corrected chi connectivity index (χ2v) is 4.45. The van der Waals surface area contributed by atoms with Crippen LogP contribution in [0.3, 0.4) is 0 Å². The predicted octanol–water partition coefficient (Wildman–Crippen LogP) is 2.18. The van der Waals surface area contributed by atoms with E-state index in [0.717, 1.165) is 18.8 Å². The molecule has 0 bridgehead atoms. The maximum atomic E-state index is 4.51. The number of aromatic nitrogens is 1. The van der Waals surface area contributed by atoms with Crippen LogP contribution >= 0.6 is 0 Å². The highest BCUT2D eigenvalue weighted by molar-refractivity contribution is 5.15. The van der Waals surface area contributed by atoms with E-state index in [0.29, 0.717) is 6.04 Å². The highest BCUT2D eigenvalue weighted by Crippen LogP contribution is 2.33. The molecule has 1 aromatic rings. The van der Waals surface area contributed by atoms with Crippen molar-refractivity contribution in [2.24, 2.45) is 5.92 Å². The summed E-state index contributed by atoms with van der Waals surface area (Å²) < 4.78 is 0. The summed E-state index contributed by atoms with van der Waals surface area (Å²) in [4.78, 5) is 4.51. The van der Waals surface area contributed by atoms with E-state index >= 15 is 0 Å². The lowest BCUT2D eigenvalue weighted by atomic mass is 10.1. The van der Waals surface area contributed by atoms with Crippen LogP contribution in [0.15, 0.2) is 18.3 Å². The molecule has 1 heterocycles. The van der Waals surface area contributed by atoms with Crippen molar-refractivity contribution in [2.75, 3.05) is 7.05 Å². The second-order valence-electron chi connectivity index (χ2n) is 4.45. The molecule has 0 radical (unpaired) electrons. The third-order valence-electron chi connectivity index (χ3n) is 3.29. The number of nitrogens with one attached hydrogen (secondary N) is 1. The van der Waals surface area contributed by atoms with Crippen molar-refractivity contribution in [3.05, 3.63) is 29.6 Å². The fourth-order valence-corrected chi connectivity index (χ4v) is 2.01. The molecule has 15 heavy (non-hydrogen) atoms. The van der Waals surface area contributed by atoms with E-state index in [1.165, 1.54) is 24.1 Å². The largest absolute Gasteiger partial charge is 0.316 e. The van der Waals surface area contributed by atoms with Gasteiger partial charge in [-0.2, -0.15) is 0 Å². The van der Waals surface area contributed by atoms with Crippen LogP contribution in [-0.4, -0.2) is 18.1 Å². The van der Waals surface area contributed by atoms with Gasteiger partial charge >= 0.3 is 0 Å². The van der Waals surface area contributed by atoms with Gasteiger partial charge in [-0.05, 0) is 43.9 Å². The molecule has 0 aromatic carbocycles. The summed E-state index contributed by atoms with van der Waals surface area (Å²) in [5.74, 6) is 0.891. The molecule has 0 spiro atoms. The van der Waals surface area contributed by atoms with Crippen LogP contribution in [0.5, 0.6) is 0 Å². The third-order valence-corrected chi connectivity index (χ3v) is 3.29. The SMILES string of the molecule is CCc1ccc(CC(NC)C2CC2)nc1. The van der Waals surface area contributed by atoms with Gasteiger partial charge in [-0.1, -0.05) is 13.0 Å². The lowest BCUT2D eigenvalue weighted by Crippen LogP contribution is -2.29. The Kier molecular flexibility index (Phi) is 3.37. The van der Waals surface area contributed by atoms with Gasteiger partial charge in [0.25, 0.3) is 0 Å². The second kappa shape index (κ2) is 4.75. The van der Waals surface area contributed by atoms with Gasteiger partial charge < -0.3 is 5.32 Å². The highest BCUT2D eigenvalue weighted by atomic mass is 14.9. The normalized spacial score (nSPS) is 17.7. The number of nitrogens with zero attached hydrogens (tertiary/aromatic N) is 1. The van der Waals surface area contributed by atoms with Gasteiger partial charge in [0.1, 0.15) is 0 Å². The number of rotatable bonds is 5. The quantitative estimate of drug-likeness (QED) is 0.795. The van der Waals surface area contributed by atoms with Crippen LogP contribution in [0.1, 0.15) is 31.0 Å². The molecule has 1 aliphatic carbocycles. The molecular formula is C13H20N2. The summed E-state index contributed by atoms with van der Waals surface area (Å²) in [6.45, 7) is 2.16. The van der Waals surface area contributed by atoms with E-state index in [-0.39, 0.29) is 0 Å². The van der Waals surface area contributed by atoms with Crippen molar-refractivity contribution >= 4 is 0 Å². The van der Waals surface area contributed by atoms with Crippen LogP contribution in [0.4, 0.5) is 0 Å². The van der Waals surface area contributed by atoms with Crippen molar-refractivity contribution in [2.45, 2.75) is 38.6 Å². The maximum absolute atomic E-state index is 4.51. The van der Waals surface area contributed by atoms with E-state index in [1.807, 2.05) is 6.20 Å². The topological polar surface area (TPSA) is 24.9 Å². The smallest absolute Gasteiger partial charge is 0.0419 e. The third kappa shape index (κ3) is 2.78. The molecule has 1 aromatic heterocycles. The van der Waals surface area contributed by atoms with Gasteiger partial charge in [-0.15, -0.1) is 0 Å². The Morgan fingerprint density at radius 1 is 1.47 bits per heavy atom. The first-order valence-electron chi connectivity index (χ1n) is 5.94. The van der Waals surface area contributed by atoms with E-state index in [1.54, 1.807) is 0 Å². The Morgan fingerprint density at radius 2 is 2.27 bits per heavy atom. The van der Waals surface area contributed by atoms with E-state index in [2.05, 4.69) is 36.4 Å². The van der Waals surface area contributed by atoms with Gasteiger partial charge in [-0.3, -0.25) is 4.98 Å². The predicted molar refractivity (Wildman–Crippen MR) is 62.9 cm³/mol. The molecule has 1 fully saturated rings. The number of likely N-dealkylation sites (N-methyl/N-ethyl adjacent to an activating group) is 1. The molecule has 2 nitrogen and oxygen atoms in total. The molecule has 2 heteroatoms. The Bertz CT molecular complexity index is 301. The minimum atomic E-state index is 0.630. The first-order chi connectivity index (χ1) is 7.33. The molecule has 82 valence electrons. The number of hydrogen-bond acceptors (Lipinski definition) is 2. The number of hydrogen-bond donors (Lipinski definition) is 1. The van der Waals surface area contributed by atoms with E-state index in [9.17, 15) is 0 Å². The van der Waals surface area contributed by atoms with Crippen LogP contribution in [-0.2, 0) is 12.8 Å². The lowest BCUT2D eigenvalue weighted by molar-refractivity contribution is 0.495. The molecule has 0 amide bonds. The highest BCUT2D eigenvalue weighted by Gasteiger charge is 2.30. The van der Waals surface area contributed by atoms with Crippen molar-refractivity contribution in [3.8, 4) is 0 Å². The lowest BCUT2D eigenvalue weighted by Gasteiger charge is -2.14. The Hall–Kier alpha value is -0.890. The fraction of sp³-hybridized carbons (Fsp3) is 0.615. The van der Waals surface area contributed by atoms with Gasteiger partial charge in [0, 0.05) is 24.4 Å². The van der Waals surface area contributed by atoms with Crippen molar-refractivity contribution in [3.63, 3.8) is 0 Å². The van der Waals surface area contributed by atoms with Gasteiger partial charge in [0.2, 0.25) is 0 Å². The Balaban J connectivity index is 1.96. The summed E-state index contributed by atoms with van der Waals surface area (Å²) in [6.07, 6.45) is 6.93. The fourth-order valence-electron chi connectivity index (χ4n) is 2.01. The molecule has 1 saturated carbocycles. The standard InChI is InChI=1S/C13H20N2/c1-3-10-4-7-12(15-9-10)8-13(14-2)11-5-6-11/h4,7,9,11,13-14H,3,5-6,8H2,1-2H3. The van der Waals surface area contributed by atoms with Gasteiger partial charge in [0.05, 0.1) is 0 Å². The first-order valence-corrected chi connectivity index (χ1v) is 5.94. The van der Waals surface area contributed by atoms with Gasteiger partial charge in [-0.25, -0.2) is 0 Å². The molecule has 1 aliphatic rings. The van der Waals surface area contributed by atoms with Crippen LogP contribution < -0.4 is 5.32 Å². The maximum Gasteiger partial charge on any atom is 0.0419 e. The van der Waals surface area contributed by atoms with Crippen LogP contribution in [0.2, 0.25) is 0 Å². The average Bonchev–Trinajstić information content (AvgIpc) is 3.10. The molecule has 1 atom stereocenters. The number of aryl methyl sites for hydroxylation is 1. The van der Waals surface area contributed by atoms with E-state index in [4.69, 9.17) is 0 Å². The zero-order valence-electron chi connectivity index (χ0n) is 9.66. The molecule has 0 aliphatic heterocycles. The number of pyridine rings is 1. The summed E-state index contributed by atoms with van der Waals surface area (Å²) in [5.41, 5.74) is 2.55. The van der Waals surface area contributed by atoms with E-state index < -0.39 is 0 Å². The summed E-state index contributed by atoms with van der Waals surface area (Å²) in [6, 6.07) is 5.00. The molecule has 2 rings (SSSR count). The Morgan fingerprint density at radius 3 is 2.73 bits per heavy atom. The minimum Gasteiger partial charge on any atom is -0.316 e. The molecule has 1 N–H and O–H groups in total. The summed E-state index contributed by atoms with van der Waals surface area (Å²) in [5, 5.41) is 3.40. The van der Waals surface area contributed by atoms with Crippen molar-refractivity contribution in [1.29, 1.82) is 0 Å². The Labute approximate surface area is 92.1 Å².